The number of esters is 3. The predicted octanol–water partition coefficient (Wildman–Crippen LogP) is 17.0. The maximum absolute atomic E-state index is 13.8. The quantitative estimate of drug-likeness (QED) is 0.0235. The summed E-state index contributed by atoms with van der Waals surface area (Å²) in [6.07, 6.45) is 29.4. The van der Waals surface area contributed by atoms with Crippen molar-refractivity contribution in [1.29, 1.82) is 0 Å². The molecule has 10 aliphatic carbocycles. The van der Waals surface area contributed by atoms with E-state index in [9.17, 15) is 43.5 Å². The van der Waals surface area contributed by atoms with Gasteiger partial charge in [0.15, 0.2) is 19.8 Å². The molecule has 112 heavy (non-hydrogen) atoms. The summed E-state index contributed by atoms with van der Waals surface area (Å²) in [5.41, 5.74) is 6.54. The number of fused-ring (bicyclic) bond motifs is 6. The van der Waals surface area contributed by atoms with Gasteiger partial charge >= 0.3 is 48.1 Å². The van der Waals surface area contributed by atoms with Crippen LogP contribution in [0.3, 0.4) is 0 Å². The standard InChI is InChI=1S/C34H48O6.C29H42O7.C27H38O9/c1-2-3-4-7-26(40-33(38)34-17-21-11-22(18-34)13-23(12-21)19-34)9-10-27-28-14-24-6-5-8-31(39-20-32(36)37)29(24)15-25(28)16-30(27)35;1-4-7-8-11-21(35-28(32)5-2)13-14-22-23-15-19-10-9-12-25(34-18-27(30)31)24(19)16-20(23)17-26(22)36-29(33)6-3;1-4-5-6-9-19(35-26(30)32-2)11-12-20-21-13-17-8-7-10-23(34-16-25(28)29)22(17)14-18(21)15-24(20)36-27(31)33-3/h5-6,8,21-23,25-28,30,35H,2-4,7,9-20H2,1H3,(H,36,37);9-10,12,20-23,26H,4-8,11,13-18H2,1-3H3,(H,30,31);7-8,10,18-21,24H,4-6,9,11-16H2,1-3H3,(H,28,29)/t21?,22?,23?,25-,26-,27+,28-,30+,34?;20-,21-,22+,23-,26+;18-,19-,20+,21-,24+/m000/s1. The molecule has 0 aromatic heterocycles. The lowest BCUT2D eigenvalue weighted by Gasteiger charge is -2.55. The Bertz CT molecular complexity index is 3420. The Morgan fingerprint density at radius 3 is 1.19 bits per heavy atom. The van der Waals surface area contributed by atoms with Gasteiger partial charge in [-0.25, -0.2) is 24.0 Å². The van der Waals surface area contributed by atoms with Crippen LogP contribution in [0.5, 0.6) is 17.2 Å². The third-order valence-electron chi connectivity index (χ3n) is 26.6. The highest BCUT2D eigenvalue weighted by Crippen LogP contribution is 2.61. The lowest BCUT2D eigenvalue weighted by molar-refractivity contribution is -0.178. The summed E-state index contributed by atoms with van der Waals surface area (Å²) < 4.78 is 55.7. The molecule has 0 spiro atoms. The summed E-state index contributed by atoms with van der Waals surface area (Å²) in [4.78, 5) is 95.0. The number of aliphatic hydroxyl groups is 1. The van der Waals surface area contributed by atoms with E-state index >= 15 is 0 Å². The number of carbonyl (C=O) groups excluding carboxylic acids is 5. The Labute approximate surface area is 662 Å². The first-order chi connectivity index (χ1) is 54.0. The highest BCUT2D eigenvalue weighted by Gasteiger charge is 2.57. The molecule has 0 aliphatic heterocycles. The summed E-state index contributed by atoms with van der Waals surface area (Å²) in [7, 11) is 2.61. The van der Waals surface area contributed by atoms with Crippen molar-refractivity contribution in [3.8, 4) is 17.2 Å². The largest absolute Gasteiger partial charge is 0.508 e. The molecule has 4 bridgehead atoms. The van der Waals surface area contributed by atoms with Gasteiger partial charge in [-0.05, 0) is 296 Å². The number of carbonyl (C=O) groups is 8. The van der Waals surface area contributed by atoms with E-state index in [1.807, 2.05) is 50.2 Å². The van der Waals surface area contributed by atoms with Crippen LogP contribution in [0.25, 0.3) is 0 Å². The molecule has 3 aromatic rings. The van der Waals surface area contributed by atoms with E-state index in [-0.39, 0.29) is 109 Å². The molecule has 22 heteroatoms. The first-order valence-electron chi connectivity index (χ1n) is 42.7. The molecule has 15 atom stereocenters. The monoisotopic (exact) mass is 1560 g/mol. The Balaban J connectivity index is 0.000000179. The highest BCUT2D eigenvalue weighted by molar-refractivity contribution is 5.78. The summed E-state index contributed by atoms with van der Waals surface area (Å²) in [6, 6.07) is 17.5. The van der Waals surface area contributed by atoms with E-state index in [2.05, 4.69) is 39.0 Å². The van der Waals surface area contributed by atoms with Crippen molar-refractivity contribution in [1.82, 2.24) is 0 Å². The molecule has 0 heterocycles. The Kier molecular flexibility index (Phi) is 32.6. The molecule has 0 amide bonds. The van der Waals surface area contributed by atoms with Gasteiger partial charge in [-0.3, -0.25) is 14.4 Å². The van der Waals surface area contributed by atoms with E-state index in [4.69, 9.17) is 62.7 Å². The van der Waals surface area contributed by atoms with Gasteiger partial charge < -0.3 is 67.8 Å². The SMILES string of the molecule is CCCCC[C@@H](CC[C@@H]1[C@H]2Cc3cccc(OCC(=O)O)c3C[C@H]2C[C@H]1O)OC(=O)C12CC3CC(CC(C3)C1)C2.CCCCC[C@@H](CC[C@@H]1[C@H]2Cc3cccc(OCC(=O)O)c3C[C@H]2C[C@H]1OC(=O)CC)OC(=O)CC.CCCCC[C@@H](CC[C@@H]1[C@H]2Cc3cccc(OCC(=O)O)c3C[C@H]2C[C@H]1OC(=O)OC)OC(=O)OC. The fourth-order valence-corrected chi connectivity index (χ4v) is 21.8. The van der Waals surface area contributed by atoms with E-state index < -0.39 is 30.2 Å². The van der Waals surface area contributed by atoms with Crippen LogP contribution in [-0.4, -0.2) is 139 Å². The van der Waals surface area contributed by atoms with Gasteiger partial charge in [0.1, 0.15) is 47.8 Å². The van der Waals surface area contributed by atoms with Crippen molar-refractivity contribution in [2.24, 2.45) is 76.4 Å². The van der Waals surface area contributed by atoms with Crippen LogP contribution >= 0.6 is 0 Å². The minimum absolute atomic E-state index is 0.0507. The van der Waals surface area contributed by atoms with Crippen LogP contribution in [0.15, 0.2) is 54.6 Å². The number of carboxylic acid groups (broad SMARTS) is 3. The van der Waals surface area contributed by atoms with Gasteiger partial charge in [0.25, 0.3) is 0 Å². The summed E-state index contributed by atoms with van der Waals surface area (Å²) in [6.45, 7) is 9.05. The second kappa shape index (κ2) is 42.1. The molecule has 7 saturated carbocycles. The van der Waals surface area contributed by atoms with Crippen molar-refractivity contribution in [2.45, 2.75) is 296 Å². The molecular formula is C90H128O22. The summed E-state index contributed by atoms with van der Waals surface area (Å²) >= 11 is 0. The number of benzene rings is 3. The van der Waals surface area contributed by atoms with Gasteiger partial charge in [0.05, 0.1) is 25.7 Å². The third kappa shape index (κ3) is 23.3. The Morgan fingerprint density at radius 2 is 0.795 bits per heavy atom. The number of carboxylic acids is 3. The van der Waals surface area contributed by atoms with Crippen molar-refractivity contribution in [3.05, 3.63) is 88.0 Å². The molecule has 10 aliphatic rings. The van der Waals surface area contributed by atoms with Crippen LogP contribution in [0.2, 0.25) is 0 Å². The van der Waals surface area contributed by atoms with Gasteiger partial charge in [-0.1, -0.05) is 110 Å². The fourth-order valence-electron chi connectivity index (χ4n) is 21.8. The number of aliphatic carboxylic acids is 3. The first kappa shape index (κ1) is 86.8. The van der Waals surface area contributed by atoms with Crippen molar-refractivity contribution in [2.75, 3.05) is 34.0 Å². The molecule has 13 rings (SSSR count). The topological polar surface area (TPSA) is 310 Å². The molecule has 0 radical (unpaired) electrons. The van der Waals surface area contributed by atoms with Crippen LogP contribution < -0.4 is 14.2 Å². The van der Waals surface area contributed by atoms with Crippen molar-refractivity contribution >= 4 is 48.1 Å². The average molecular weight is 1560 g/mol. The normalized spacial score (nSPS) is 27.8. The van der Waals surface area contributed by atoms with Gasteiger partial charge in [-0.15, -0.1) is 0 Å². The second-order valence-corrected chi connectivity index (χ2v) is 34.1. The highest BCUT2D eigenvalue weighted by atomic mass is 16.7. The maximum atomic E-state index is 13.8. The van der Waals surface area contributed by atoms with Crippen LogP contribution in [0.1, 0.15) is 254 Å². The number of unbranched alkanes of at least 4 members (excludes halogenated alkanes) is 6. The van der Waals surface area contributed by atoms with Crippen molar-refractivity contribution in [3.63, 3.8) is 0 Å². The number of hydrogen-bond donors (Lipinski definition) is 4. The van der Waals surface area contributed by atoms with Gasteiger partial charge in [0, 0.05) is 12.8 Å². The average Bonchev–Trinajstić information content (AvgIpc) is 1.20. The molecule has 22 nitrogen and oxygen atoms in total. The molecule has 4 N–H and O–H groups in total. The Morgan fingerprint density at radius 1 is 0.420 bits per heavy atom. The lowest BCUT2D eigenvalue weighted by Crippen LogP contribution is -2.51. The number of methoxy groups -OCH3 is 2. The third-order valence-corrected chi connectivity index (χ3v) is 26.6. The minimum atomic E-state index is -1.02. The fraction of sp³-hybridized carbons (Fsp3) is 0.711. The molecule has 3 aromatic carbocycles. The van der Waals surface area contributed by atoms with E-state index in [0.717, 1.165) is 220 Å². The van der Waals surface area contributed by atoms with E-state index in [1.54, 1.807) is 0 Å². The zero-order chi connectivity index (χ0) is 80.0. The van der Waals surface area contributed by atoms with Gasteiger partial charge in [-0.2, -0.15) is 0 Å². The lowest BCUT2D eigenvalue weighted by atomic mass is 9.49. The molecule has 0 unspecified atom stereocenters. The number of rotatable bonds is 38. The predicted molar refractivity (Wildman–Crippen MR) is 418 cm³/mol. The number of hydrogen-bond acceptors (Lipinski definition) is 19. The van der Waals surface area contributed by atoms with Crippen LogP contribution in [-0.2, 0) is 100 Å². The van der Waals surface area contributed by atoms with Crippen molar-refractivity contribution < 1.29 is 106 Å². The van der Waals surface area contributed by atoms with E-state index in [1.165, 1.54) is 44.6 Å². The second-order valence-electron chi connectivity index (χ2n) is 34.1. The molecule has 7 fully saturated rings. The smallest absolute Gasteiger partial charge is 0.482 e. The zero-order valence-corrected chi connectivity index (χ0v) is 67.6. The van der Waals surface area contributed by atoms with Gasteiger partial charge in [0.2, 0.25) is 0 Å². The molecule has 0 saturated heterocycles. The Hall–Kier alpha value is -7.62. The maximum Gasteiger partial charge on any atom is 0.508 e. The summed E-state index contributed by atoms with van der Waals surface area (Å²) in [5, 5.41) is 38.3. The number of ether oxygens (including phenoxy) is 10. The zero-order valence-electron chi connectivity index (χ0n) is 67.6. The van der Waals surface area contributed by atoms with E-state index in [0.29, 0.717) is 66.6 Å². The number of aliphatic hydroxyl groups excluding tert-OH is 1. The molecular weight excluding hydrogens is 1430 g/mol. The first-order valence-corrected chi connectivity index (χ1v) is 42.7. The summed E-state index contributed by atoms with van der Waals surface area (Å²) in [5.74, 6) is 3.36. The minimum Gasteiger partial charge on any atom is -0.482 e. The molecule has 620 valence electrons. The van der Waals surface area contributed by atoms with Crippen LogP contribution in [0, 0.1) is 76.4 Å². The van der Waals surface area contributed by atoms with Crippen LogP contribution in [0.4, 0.5) is 9.59 Å².